The highest BCUT2D eigenvalue weighted by molar-refractivity contribution is 7.54. The molecule has 138 valence electrons. The highest BCUT2D eigenvalue weighted by atomic mass is 31.2. The number of hydrogen-bond donors (Lipinski definition) is 0. The molecule has 0 saturated heterocycles. The maximum atomic E-state index is 12.7. The van der Waals surface area contributed by atoms with Crippen LogP contribution in [-0.4, -0.2) is 20.2 Å². The van der Waals surface area contributed by atoms with Crippen molar-refractivity contribution in [2.24, 2.45) is 0 Å². The van der Waals surface area contributed by atoms with Crippen LogP contribution in [0, 0.1) is 0 Å². The third-order valence-electron chi connectivity index (χ3n) is 4.48. The van der Waals surface area contributed by atoms with Gasteiger partial charge in [-0.3, -0.25) is 4.57 Å². The molecule has 6 nitrogen and oxygen atoms in total. The Morgan fingerprint density at radius 3 is 2.30 bits per heavy atom. The van der Waals surface area contributed by atoms with Gasteiger partial charge in [0, 0.05) is 19.8 Å². The zero-order valence-corrected chi connectivity index (χ0v) is 15.6. The average molecular weight is 384 g/mol. The molecule has 0 aromatic heterocycles. The molecule has 0 radical (unpaired) electrons. The fraction of sp³-hybridized carbons (Fsp3) is 0.150. The van der Waals surface area contributed by atoms with E-state index in [0.717, 1.165) is 10.8 Å². The van der Waals surface area contributed by atoms with Crippen LogP contribution in [0.15, 0.2) is 60.7 Å². The number of fused-ring (bicyclic) bond motifs is 2. The number of benzene rings is 3. The Hall–Kier alpha value is -2.66. The fourth-order valence-electron chi connectivity index (χ4n) is 3.09. The van der Waals surface area contributed by atoms with Gasteiger partial charge in [-0.15, -0.1) is 0 Å². The van der Waals surface area contributed by atoms with E-state index in [1.54, 1.807) is 18.2 Å². The van der Waals surface area contributed by atoms with Gasteiger partial charge in [0.15, 0.2) is 0 Å². The molecule has 0 aliphatic carbocycles. The second-order valence-corrected chi connectivity index (χ2v) is 8.30. The maximum Gasteiger partial charge on any atom is 0.375 e. The zero-order valence-electron chi connectivity index (χ0n) is 14.7. The van der Waals surface area contributed by atoms with Crippen LogP contribution in [-0.2, 0) is 18.3 Å². The molecule has 0 saturated carbocycles. The summed E-state index contributed by atoms with van der Waals surface area (Å²) in [5.41, 5.74) is 0.741. The summed E-state index contributed by atoms with van der Waals surface area (Å²) < 4.78 is 33.9. The van der Waals surface area contributed by atoms with Gasteiger partial charge in [-0.1, -0.05) is 30.3 Å². The summed E-state index contributed by atoms with van der Waals surface area (Å²) in [4.78, 5) is 12.1. The minimum atomic E-state index is -3.63. The average Bonchev–Trinajstić information content (AvgIpc) is 3.04. The van der Waals surface area contributed by atoms with E-state index in [0.29, 0.717) is 22.6 Å². The molecule has 3 aromatic rings. The lowest BCUT2D eigenvalue weighted by Crippen LogP contribution is -2.03. The summed E-state index contributed by atoms with van der Waals surface area (Å²) in [6.07, 6.45) is 0. The van der Waals surface area contributed by atoms with Gasteiger partial charge in [0.25, 0.3) is 0 Å². The number of carbonyl (C=O) groups excluding carboxylic acids is 1. The molecule has 1 unspecified atom stereocenters. The van der Waals surface area contributed by atoms with Crippen molar-refractivity contribution in [3.8, 4) is 11.5 Å². The Morgan fingerprint density at radius 2 is 1.56 bits per heavy atom. The smallest absolute Gasteiger partial charge is 0.375 e. The first-order valence-corrected chi connectivity index (χ1v) is 9.88. The van der Waals surface area contributed by atoms with E-state index in [4.69, 9.17) is 18.5 Å². The summed E-state index contributed by atoms with van der Waals surface area (Å²) in [5.74, 6) is -0.542. The lowest BCUT2D eigenvalue weighted by molar-refractivity contribution is 0.0456. The van der Waals surface area contributed by atoms with Crippen LogP contribution in [0.5, 0.6) is 11.5 Å². The standard InChI is InChI=1S/C20H17O6P/c1-23-27(22,24-2)20-18-12-16(9-10-17(18)19(21)26-20)25-15-8-7-13-5-3-4-6-14(13)11-15/h3-12,20H,1-2H3. The summed E-state index contributed by atoms with van der Waals surface area (Å²) in [7, 11) is -1.12. The van der Waals surface area contributed by atoms with Crippen molar-refractivity contribution in [1.82, 2.24) is 0 Å². The van der Waals surface area contributed by atoms with Crippen LogP contribution in [0.1, 0.15) is 21.8 Å². The van der Waals surface area contributed by atoms with Gasteiger partial charge < -0.3 is 18.5 Å². The van der Waals surface area contributed by atoms with Crippen LogP contribution >= 0.6 is 7.60 Å². The van der Waals surface area contributed by atoms with Crippen molar-refractivity contribution in [2.75, 3.05) is 14.2 Å². The zero-order chi connectivity index (χ0) is 19.0. The molecule has 4 rings (SSSR count). The highest BCUT2D eigenvalue weighted by Gasteiger charge is 2.46. The Bertz CT molecular complexity index is 1070. The molecular weight excluding hydrogens is 367 g/mol. The molecule has 1 atom stereocenters. The largest absolute Gasteiger partial charge is 0.457 e. The van der Waals surface area contributed by atoms with Gasteiger partial charge in [-0.2, -0.15) is 0 Å². The lowest BCUT2D eigenvalue weighted by Gasteiger charge is -2.20. The van der Waals surface area contributed by atoms with Gasteiger partial charge >= 0.3 is 13.6 Å². The minimum Gasteiger partial charge on any atom is -0.457 e. The van der Waals surface area contributed by atoms with E-state index in [-0.39, 0.29) is 0 Å². The molecule has 0 N–H and O–H groups in total. The van der Waals surface area contributed by atoms with E-state index < -0.39 is 19.4 Å². The normalized spacial score (nSPS) is 16.2. The van der Waals surface area contributed by atoms with E-state index in [2.05, 4.69) is 0 Å². The van der Waals surface area contributed by atoms with Crippen molar-refractivity contribution in [2.45, 2.75) is 5.85 Å². The molecule has 0 fully saturated rings. The van der Waals surface area contributed by atoms with Crippen LogP contribution < -0.4 is 4.74 Å². The molecule has 1 heterocycles. The summed E-state index contributed by atoms with van der Waals surface area (Å²) in [5, 5.41) is 2.16. The number of cyclic esters (lactones) is 1. The number of rotatable bonds is 5. The summed E-state index contributed by atoms with van der Waals surface area (Å²) >= 11 is 0. The molecule has 0 spiro atoms. The topological polar surface area (TPSA) is 71.1 Å². The first-order valence-electron chi connectivity index (χ1n) is 8.27. The van der Waals surface area contributed by atoms with E-state index in [9.17, 15) is 9.36 Å². The maximum absolute atomic E-state index is 12.7. The summed E-state index contributed by atoms with van der Waals surface area (Å²) in [6, 6.07) is 18.6. The van der Waals surface area contributed by atoms with Crippen molar-refractivity contribution >= 4 is 24.3 Å². The van der Waals surface area contributed by atoms with E-state index in [1.807, 2.05) is 42.5 Å². The van der Waals surface area contributed by atoms with Crippen molar-refractivity contribution in [3.63, 3.8) is 0 Å². The van der Waals surface area contributed by atoms with Crippen LogP contribution in [0.3, 0.4) is 0 Å². The van der Waals surface area contributed by atoms with E-state index in [1.165, 1.54) is 14.2 Å². The van der Waals surface area contributed by atoms with E-state index >= 15 is 0 Å². The Balaban J connectivity index is 1.69. The molecule has 0 amide bonds. The third-order valence-corrected chi connectivity index (χ3v) is 6.46. The van der Waals surface area contributed by atoms with Crippen LogP contribution in [0.4, 0.5) is 0 Å². The molecule has 7 heteroatoms. The van der Waals surface area contributed by atoms with Crippen molar-refractivity contribution in [1.29, 1.82) is 0 Å². The second kappa shape index (κ2) is 6.82. The highest BCUT2D eigenvalue weighted by Crippen LogP contribution is 2.63. The van der Waals surface area contributed by atoms with Crippen LogP contribution in [0.2, 0.25) is 0 Å². The fourth-order valence-corrected chi connectivity index (χ4v) is 4.40. The number of ether oxygens (including phenoxy) is 2. The van der Waals surface area contributed by atoms with Gasteiger partial charge in [0.05, 0.1) is 5.56 Å². The quantitative estimate of drug-likeness (QED) is 0.440. The number of carbonyl (C=O) groups is 1. The molecule has 3 aromatic carbocycles. The molecule has 1 aliphatic rings. The van der Waals surface area contributed by atoms with Gasteiger partial charge in [-0.05, 0) is 41.1 Å². The number of hydrogen-bond acceptors (Lipinski definition) is 6. The Labute approximate surface area is 156 Å². The van der Waals surface area contributed by atoms with Gasteiger partial charge in [0.2, 0.25) is 5.85 Å². The Kier molecular flexibility index (Phi) is 4.48. The Morgan fingerprint density at radius 1 is 0.889 bits per heavy atom. The third kappa shape index (κ3) is 3.12. The second-order valence-electron chi connectivity index (χ2n) is 6.02. The lowest BCUT2D eigenvalue weighted by atomic mass is 10.1. The first kappa shape index (κ1) is 17.7. The monoisotopic (exact) mass is 384 g/mol. The molecule has 27 heavy (non-hydrogen) atoms. The minimum absolute atomic E-state index is 0.320. The summed E-state index contributed by atoms with van der Waals surface area (Å²) in [6.45, 7) is 0. The predicted octanol–water partition coefficient (Wildman–Crippen LogP) is 5.29. The predicted molar refractivity (Wildman–Crippen MR) is 100 cm³/mol. The van der Waals surface area contributed by atoms with Gasteiger partial charge in [-0.25, -0.2) is 4.79 Å². The van der Waals surface area contributed by atoms with Gasteiger partial charge in [0.1, 0.15) is 11.5 Å². The number of esters is 1. The molecule has 1 aliphatic heterocycles. The van der Waals surface area contributed by atoms with Crippen molar-refractivity contribution in [3.05, 3.63) is 71.8 Å². The SMILES string of the molecule is COP(=O)(OC)C1OC(=O)c2ccc(Oc3ccc4ccccc4c3)cc21. The molecule has 0 bridgehead atoms. The van der Waals surface area contributed by atoms with Crippen molar-refractivity contribution < 1.29 is 27.9 Å². The molecular formula is C20H17O6P. The van der Waals surface area contributed by atoms with Crippen LogP contribution in [0.25, 0.3) is 10.8 Å². The first-order chi connectivity index (χ1) is 13.0.